The average molecular weight is 203 g/mol. The lowest BCUT2D eigenvalue weighted by molar-refractivity contribution is 0.109. The molecule has 0 amide bonds. The normalized spacial score (nSPS) is 13.5. The Kier molecular flexibility index (Phi) is 9.35. The predicted molar refractivity (Wildman–Crippen MR) is 59.4 cm³/mol. The first-order valence-electron chi connectivity index (χ1n) is 5.62. The largest absolute Gasteiger partial charge is 0.396 e. The smallest absolute Gasteiger partial charge is 0.0591 e. The molecule has 0 aliphatic heterocycles. The number of hydrogen-bond donors (Lipinski definition) is 2. The van der Waals surface area contributed by atoms with Gasteiger partial charge < -0.3 is 15.2 Å². The molecule has 1 unspecified atom stereocenters. The summed E-state index contributed by atoms with van der Waals surface area (Å²) in [5.74, 6) is 0.606. The molecular weight excluding hydrogens is 178 g/mol. The molecule has 0 aromatic heterocycles. The van der Waals surface area contributed by atoms with Gasteiger partial charge in [0, 0.05) is 25.8 Å². The van der Waals surface area contributed by atoms with Gasteiger partial charge in [-0.1, -0.05) is 20.8 Å². The van der Waals surface area contributed by atoms with Crippen LogP contribution in [0.4, 0.5) is 0 Å². The van der Waals surface area contributed by atoms with Crippen molar-refractivity contribution < 1.29 is 9.84 Å². The van der Waals surface area contributed by atoms with Crippen LogP contribution in [0.2, 0.25) is 0 Å². The number of nitrogens with one attached hydrogen (secondary N) is 1. The van der Waals surface area contributed by atoms with E-state index in [0.29, 0.717) is 12.0 Å². The highest BCUT2D eigenvalue weighted by atomic mass is 16.5. The summed E-state index contributed by atoms with van der Waals surface area (Å²) in [5, 5.41) is 12.1. The SMILES string of the molecule is CCC(CCO)NCCOCC(C)C. The van der Waals surface area contributed by atoms with E-state index in [1.807, 2.05) is 0 Å². The second-order valence-corrected chi connectivity index (χ2v) is 4.04. The summed E-state index contributed by atoms with van der Waals surface area (Å²) in [7, 11) is 0. The number of hydrogen-bond acceptors (Lipinski definition) is 3. The third-order valence-electron chi connectivity index (χ3n) is 2.10. The van der Waals surface area contributed by atoms with E-state index in [2.05, 4.69) is 26.1 Å². The molecule has 0 aliphatic carbocycles. The summed E-state index contributed by atoms with van der Waals surface area (Å²) < 4.78 is 5.44. The van der Waals surface area contributed by atoms with Gasteiger partial charge in [0.15, 0.2) is 0 Å². The van der Waals surface area contributed by atoms with Gasteiger partial charge in [-0.05, 0) is 18.8 Å². The molecule has 3 nitrogen and oxygen atoms in total. The summed E-state index contributed by atoms with van der Waals surface area (Å²) in [4.78, 5) is 0. The Bertz CT molecular complexity index is 118. The first-order chi connectivity index (χ1) is 6.70. The van der Waals surface area contributed by atoms with Crippen molar-refractivity contribution in [3.63, 3.8) is 0 Å². The fourth-order valence-corrected chi connectivity index (χ4v) is 1.26. The van der Waals surface area contributed by atoms with Gasteiger partial charge in [-0.2, -0.15) is 0 Å². The van der Waals surface area contributed by atoms with Crippen LogP contribution < -0.4 is 5.32 Å². The van der Waals surface area contributed by atoms with Crippen LogP contribution >= 0.6 is 0 Å². The Hall–Kier alpha value is -0.120. The highest BCUT2D eigenvalue weighted by molar-refractivity contribution is 4.63. The maximum Gasteiger partial charge on any atom is 0.0591 e. The molecule has 0 bridgehead atoms. The van der Waals surface area contributed by atoms with Crippen LogP contribution in [0, 0.1) is 5.92 Å². The van der Waals surface area contributed by atoms with Gasteiger partial charge in [0.1, 0.15) is 0 Å². The lowest BCUT2D eigenvalue weighted by Crippen LogP contribution is -2.32. The Labute approximate surface area is 87.8 Å². The molecule has 0 saturated heterocycles. The van der Waals surface area contributed by atoms with Crippen molar-refractivity contribution in [1.29, 1.82) is 0 Å². The summed E-state index contributed by atoms with van der Waals surface area (Å²) in [6.07, 6.45) is 1.89. The fourth-order valence-electron chi connectivity index (χ4n) is 1.26. The van der Waals surface area contributed by atoms with Crippen molar-refractivity contribution in [2.24, 2.45) is 5.92 Å². The minimum Gasteiger partial charge on any atom is -0.396 e. The molecule has 0 rings (SSSR count). The third kappa shape index (κ3) is 8.48. The molecule has 3 heteroatoms. The third-order valence-corrected chi connectivity index (χ3v) is 2.10. The van der Waals surface area contributed by atoms with Gasteiger partial charge in [-0.15, -0.1) is 0 Å². The zero-order valence-corrected chi connectivity index (χ0v) is 9.75. The van der Waals surface area contributed by atoms with Gasteiger partial charge in [0.2, 0.25) is 0 Å². The summed E-state index contributed by atoms with van der Waals surface area (Å²) >= 11 is 0. The van der Waals surface area contributed by atoms with Crippen molar-refractivity contribution in [3.05, 3.63) is 0 Å². The monoisotopic (exact) mass is 203 g/mol. The molecule has 86 valence electrons. The standard InChI is InChI=1S/C11H25NO2/c1-4-11(5-7-13)12-6-8-14-9-10(2)3/h10-13H,4-9H2,1-3H3. The van der Waals surface area contributed by atoms with Gasteiger partial charge in [-0.3, -0.25) is 0 Å². The Balaban J connectivity index is 3.24. The van der Waals surface area contributed by atoms with Crippen molar-refractivity contribution in [3.8, 4) is 0 Å². The molecule has 0 saturated carbocycles. The van der Waals surface area contributed by atoms with Crippen molar-refractivity contribution in [2.75, 3.05) is 26.4 Å². The van der Waals surface area contributed by atoms with Crippen LogP contribution in [-0.4, -0.2) is 37.5 Å². The number of aliphatic hydroxyl groups is 1. The van der Waals surface area contributed by atoms with E-state index in [9.17, 15) is 0 Å². The second kappa shape index (κ2) is 9.44. The van der Waals surface area contributed by atoms with Crippen LogP contribution in [-0.2, 0) is 4.74 Å². The molecule has 0 spiro atoms. The first-order valence-corrected chi connectivity index (χ1v) is 5.62. The fraction of sp³-hybridized carbons (Fsp3) is 1.00. The second-order valence-electron chi connectivity index (χ2n) is 4.04. The van der Waals surface area contributed by atoms with E-state index in [1.54, 1.807) is 0 Å². The lowest BCUT2D eigenvalue weighted by atomic mass is 10.1. The van der Waals surface area contributed by atoms with Crippen molar-refractivity contribution in [2.45, 2.75) is 39.7 Å². The molecule has 2 N–H and O–H groups in total. The number of aliphatic hydroxyl groups excluding tert-OH is 1. The first kappa shape index (κ1) is 13.9. The number of rotatable bonds is 9. The van der Waals surface area contributed by atoms with Crippen molar-refractivity contribution >= 4 is 0 Å². The predicted octanol–water partition coefficient (Wildman–Crippen LogP) is 1.41. The van der Waals surface area contributed by atoms with E-state index in [-0.39, 0.29) is 6.61 Å². The molecule has 0 aliphatic rings. The van der Waals surface area contributed by atoms with Crippen LogP contribution in [0.25, 0.3) is 0 Å². The molecule has 0 aromatic carbocycles. The van der Waals surface area contributed by atoms with Gasteiger partial charge >= 0.3 is 0 Å². The van der Waals surface area contributed by atoms with E-state index in [1.165, 1.54) is 0 Å². The highest BCUT2D eigenvalue weighted by Gasteiger charge is 2.03. The van der Waals surface area contributed by atoms with Crippen LogP contribution in [0.15, 0.2) is 0 Å². The lowest BCUT2D eigenvalue weighted by Gasteiger charge is -2.15. The van der Waals surface area contributed by atoms with E-state index >= 15 is 0 Å². The van der Waals surface area contributed by atoms with Crippen LogP contribution in [0.1, 0.15) is 33.6 Å². The van der Waals surface area contributed by atoms with Gasteiger partial charge in [-0.25, -0.2) is 0 Å². The summed E-state index contributed by atoms with van der Waals surface area (Å²) in [6, 6.07) is 0.433. The molecule has 14 heavy (non-hydrogen) atoms. The Morgan fingerprint density at radius 3 is 2.57 bits per heavy atom. The molecule has 0 radical (unpaired) electrons. The number of ether oxygens (including phenoxy) is 1. The highest BCUT2D eigenvalue weighted by Crippen LogP contribution is 1.96. The van der Waals surface area contributed by atoms with E-state index in [4.69, 9.17) is 9.84 Å². The van der Waals surface area contributed by atoms with Crippen molar-refractivity contribution in [1.82, 2.24) is 5.32 Å². The van der Waals surface area contributed by atoms with Gasteiger partial charge in [0.25, 0.3) is 0 Å². The molecule has 0 fully saturated rings. The van der Waals surface area contributed by atoms with Gasteiger partial charge in [0.05, 0.1) is 6.61 Å². The Morgan fingerprint density at radius 1 is 1.36 bits per heavy atom. The minimum atomic E-state index is 0.262. The summed E-state index contributed by atoms with van der Waals surface area (Å²) in [5.41, 5.74) is 0. The molecule has 0 aromatic rings. The zero-order valence-electron chi connectivity index (χ0n) is 9.75. The van der Waals surface area contributed by atoms with E-state index < -0.39 is 0 Å². The quantitative estimate of drug-likeness (QED) is 0.557. The zero-order chi connectivity index (χ0) is 10.8. The minimum absolute atomic E-state index is 0.262. The molecule has 1 atom stereocenters. The summed E-state index contributed by atoms with van der Waals surface area (Å²) in [6.45, 7) is 9.16. The average Bonchev–Trinajstić information content (AvgIpc) is 2.15. The Morgan fingerprint density at radius 2 is 2.07 bits per heavy atom. The van der Waals surface area contributed by atoms with Crippen LogP contribution in [0.5, 0.6) is 0 Å². The molecular formula is C11H25NO2. The van der Waals surface area contributed by atoms with Crippen LogP contribution in [0.3, 0.4) is 0 Å². The molecule has 0 heterocycles. The van der Waals surface area contributed by atoms with E-state index in [0.717, 1.165) is 32.6 Å². The topological polar surface area (TPSA) is 41.5 Å². The maximum atomic E-state index is 8.77. The maximum absolute atomic E-state index is 8.77.